The summed E-state index contributed by atoms with van der Waals surface area (Å²) in [6, 6.07) is 2.84. The predicted molar refractivity (Wildman–Crippen MR) is 58.4 cm³/mol. The number of carbonyl (C=O) groups is 2. The molecule has 0 spiro atoms. The van der Waals surface area contributed by atoms with E-state index in [4.69, 9.17) is 5.11 Å². The molecule has 2 N–H and O–H groups in total. The molecule has 1 amide bonds. The van der Waals surface area contributed by atoms with E-state index in [0.29, 0.717) is 0 Å². The third-order valence-electron chi connectivity index (χ3n) is 2.23. The Morgan fingerprint density at radius 1 is 1.50 bits per heavy atom. The summed E-state index contributed by atoms with van der Waals surface area (Å²) in [5, 5.41) is 11.4. The lowest BCUT2D eigenvalue weighted by atomic mass is 10.2. The minimum atomic E-state index is -1.05. The fraction of sp³-hybridized carbons (Fsp3) is 0.364. The molecule has 1 heterocycles. The van der Waals surface area contributed by atoms with E-state index >= 15 is 0 Å². The molecule has 16 heavy (non-hydrogen) atoms. The lowest BCUT2D eigenvalue weighted by Gasteiger charge is -2.10. The molecule has 1 aromatic heterocycles. The first-order valence-corrected chi connectivity index (χ1v) is 5.04. The van der Waals surface area contributed by atoms with Crippen LogP contribution >= 0.6 is 0 Å². The first-order chi connectivity index (χ1) is 7.54. The summed E-state index contributed by atoms with van der Waals surface area (Å²) in [5.41, 5.74) is 0.297. The van der Waals surface area contributed by atoms with Crippen molar-refractivity contribution in [2.24, 2.45) is 0 Å². The molecule has 0 aliphatic carbocycles. The van der Waals surface area contributed by atoms with Gasteiger partial charge in [-0.05, 0) is 25.5 Å². The second-order valence-corrected chi connectivity index (χ2v) is 3.52. The molecule has 86 valence electrons. The fourth-order valence-corrected chi connectivity index (χ4v) is 1.05. The third-order valence-corrected chi connectivity index (χ3v) is 2.23. The molecule has 1 unspecified atom stereocenters. The topological polar surface area (TPSA) is 79.3 Å². The van der Waals surface area contributed by atoms with E-state index in [9.17, 15) is 9.59 Å². The van der Waals surface area contributed by atoms with Crippen molar-refractivity contribution >= 4 is 11.9 Å². The van der Waals surface area contributed by atoms with Gasteiger partial charge in [0, 0.05) is 12.2 Å². The highest BCUT2D eigenvalue weighted by Gasteiger charge is 2.10. The van der Waals surface area contributed by atoms with Gasteiger partial charge in [0.15, 0.2) is 0 Å². The molecule has 0 saturated heterocycles. The van der Waals surface area contributed by atoms with Crippen LogP contribution in [-0.2, 0) is 0 Å². The number of pyridine rings is 1. The van der Waals surface area contributed by atoms with Crippen LogP contribution in [-0.4, -0.2) is 28.0 Å². The van der Waals surface area contributed by atoms with Crippen LogP contribution in [0.3, 0.4) is 0 Å². The molecular weight excluding hydrogens is 208 g/mol. The van der Waals surface area contributed by atoms with Crippen molar-refractivity contribution in [3.05, 3.63) is 29.6 Å². The van der Waals surface area contributed by atoms with Crippen molar-refractivity contribution in [3.63, 3.8) is 0 Å². The van der Waals surface area contributed by atoms with Crippen molar-refractivity contribution in [2.45, 2.75) is 26.3 Å². The summed E-state index contributed by atoms with van der Waals surface area (Å²) < 4.78 is 0. The molecule has 0 aromatic carbocycles. The number of carboxylic acids is 1. The third kappa shape index (κ3) is 3.05. The molecule has 0 aliphatic heterocycles. The standard InChI is InChI=1S/C11H14N2O3/c1-3-7(2)13-10(14)9-5-4-8(6-12-9)11(15)16/h4-7H,3H2,1-2H3,(H,13,14)(H,15,16). The number of amides is 1. The van der Waals surface area contributed by atoms with Crippen molar-refractivity contribution in [1.29, 1.82) is 0 Å². The van der Waals surface area contributed by atoms with Gasteiger partial charge in [-0.1, -0.05) is 6.92 Å². The number of nitrogens with one attached hydrogen (secondary N) is 1. The van der Waals surface area contributed by atoms with Crippen LogP contribution in [0.4, 0.5) is 0 Å². The summed E-state index contributed by atoms with van der Waals surface area (Å²) in [6.45, 7) is 3.86. The second kappa shape index (κ2) is 5.25. The molecule has 1 atom stereocenters. The molecule has 1 aromatic rings. The predicted octanol–water partition coefficient (Wildman–Crippen LogP) is 1.31. The number of aromatic carboxylic acids is 1. The summed E-state index contributed by atoms with van der Waals surface area (Å²) >= 11 is 0. The van der Waals surface area contributed by atoms with Gasteiger partial charge in [0.05, 0.1) is 5.56 Å². The van der Waals surface area contributed by atoms with E-state index in [-0.39, 0.29) is 23.2 Å². The van der Waals surface area contributed by atoms with Gasteiger partial charge in [-0.2, -0.15) is 0 Å². The molecule has 5 nitrogen and oxygen atoms in total. The van der Waals surface area contributed by atoms with E-state index in [1.807, 2.05) is 13.8 Å². The Kier molecular flexibility index (Phi) is 3.99. The van der Waals surface area contributed by atoms with E-state index in [0.717, 1.165) is 6.42 Å². The summed E-state index contributed by atoms with van der Waals surface area (Å²) in [7, 11) is 0. The zero-order valence-corrected chi connectivity index (χ0v) is 9.23. The van der Waals surface area contributed by atoms with Gasteiger partial charge in [0.25, 0.3) is 5.91 Å². The van der Waals surface area contributed by atoms with Gasteiger partial charge in [-0.25, -0.2) is 4.79 Å². The highest BCUT2D eigenvalue weighted by Crippen LogP contribution is 2.01. The highest BCUT2D eigenvalue weighted by molar-refractivity contribution is 5.93. The van der Waals surface area contributed by atoms with Crippen molar-refractivity contribution in [2.75, 3.05) is 0 Å². The Bertz CT molecular complexity index is 387. The largest absolute Gasteiger partial charge is 0.478 e. The first-order valence-electron chi connectivity index (χ1n) is 5.04. The molecule has 1 rings (SSSR count). The summed E-state index contributed by atoms with van der Waals surface area (Å²) in [4.78, 5) is 25.9. The number of hydrogen-bond acceptors (Lipinski definition) is 3. The van der Waals surface area contributed by atoms with Crippen LogP contribution in [0.1, 0.15) is 41.1 Å². The Labute approximate surface area is 93.5 Å². The number of carbonyl (C=O) groups excluding carboxylic acids is 1. The Morgan fingerprint density at radius 2 is 2.19 bits per heavy atom. The van der Waals surface area contributed by atoms with Gasteiger partial charge in [0.2, 0.25) is 0 Å². The average Bonchev–Trinajstić information content (AvgIpc) is 2.28. The molecule has 0 radical (unpaired) electrons. The maximum Gasteiger partial charge on any atom is 0.337 e. The monoisotopic (exact) mass is 222 g/mol. The highest BCUT2D eigenvalue weighted by atomic mass is 16.4. The Hall–Kier alpha value is -1.91. The SMILES string of the molecule is CCC(C)NC(=O)c1ccc(C(=O)O)cn1. The average molecular weight is 222 g/mol. The molecule has 5 heteroatoms. The van der Waals surface area contributed by atoms with E-state index in [1.54, 1.807) is 0 Å². The summed E-state index contributed by atoms with van der Waals surface area (Å²) in [5.74, 6) is -1.34. The van der Waals surface area contributed by atoms with Crippen LogP contribution in [0.5, 0.6) is 0 Å². The van der Waals surface area contributed by atoms with Gasteiger partial charge in [-0.3, -0.25) is 9.78 Å². The van der Waals surface area contributed by atoms with Gasteiger partial charge < -0.3 is 10.4 Å². The number of hydrogen-bond donors (Lipinski definition) is 2. The molecule has 0 aliphatic rings. The molecular formula is C11H14N2O3. The van der Waals surface area contributed by atoms with Gasteiger partial charge in [-0.15, -0.1) is 0 Å². The second-order valence-electron chi connectivity index (χ2n) is 3.52. The van der Waals surface area contributed by atoms with Crippen LogP contribution < -0.4 is 5.32 Å². The lowest BCUT2D eigenvalue weighted by Crippen LogP contribution is -2.32. The van der Waals surface area contributed by atoms with Crippen molar-refractivity contribution < 1.29 is 14.7 Å². The van der Waals surface area contributed by atoms with E-state index in [1.165, 1.54) is 18.3 Å². The Morgan fingerprint density at radius 3 is 2.62 bits per heavy atom. The van der Waals surface area contributed by atoms with Crippen LogP contribution in [0.15, 0.2) is 18.3 Å². The maximum absolute atomic E-state index is 11.6. The zero-order valence-electron chi connectivity index (χ0n) is 9.23. The smallest absolute Gasteiger partial charge is 0.337 e. The number of nitrogens with zero attached hydrogens (tertiary/aromatic N) is 1. The number of aromatic nitrogens is 1. The first kappa shape index (κ1) is 12.2. The summed E-state index contributed by atoms with van der Waals surface area (Å²) in [6.07, 6.45) is 2.01. The molecule has 0 fully saturated rings. The Balaban J connectivity index is 2.74. The van der Waals surface area contributed by atoms with Gasteiger partial charge >= 0.3 is 5.97 Å². The molecule has 0 saturated carbocycles. The van der Waals surface area contributed by atoms with Crippen LogP contribution in [0.25, 0.3) is 0 Å². The zero-order chi connectivity index (χ0) is 12.1. The minimum Gasteiger partial charge on any atom is -0.478 e. The lowest BCUT2D eigenvalue weighted by molar-refractivity contribution is 0.0695. The van der Waals surface area contributed by atoms with Crippen LogP contribution in [0, 0.1) is 0 Å². The van der Waals surface area contributed by atoms with Gasteiger partial charge in [0.1, 0.15) is 5.69 Å². The van der Waals surface area contributed by atoms with E-state index < -0.39 is 5.97 Å². The van der Waals surface area contributed by atoms with E-state index in [2.05, 4.69) is 10.3 Å². The number of rotatable bonds is 4. The van der Waals surface area contributed by atoms with Crippen LogP contribution in [0.2, 0.25) is 0 Å². The fourth-order valence-electron chi connectivity index (χ4n) is 1.05. The van der Waals surface area contributed by atoms with Crippen molar-refractivity contribution in [1.82, 2.24) is 10.3 Å². The molecule has 0 bridgehead atoms. The normalized spacial score (nSPS) is 11.9. The maximum atomic E-state index is 11.6. The minimum absolute atomic E-state index is 0.0695. The number of carboxylic acid groups (broad SMARTS) is 1. The quantitative estimate of drug-likeness (QED) is 0.804. The van der Waals surface area contributed by atoms with Crippen molar-refractivity contribution in [3.8, 4) is 0 Å².